The van der Waals surface area contributed by atoms with Gasteiger partial charge in [0.1, 0.15) is 12.4 Å². The van der Waals surface area contributed by atoms with Gasteiger partial charge in [0.2, 0.25) is 0 Å². The van der Waals surface area contributed by atoms with Crippen LogP contribution in [-0.2, 0) is 11.4 Å². The number of carbonyl (C=O) groups excluding carboxylic acids is 1. The molecule has 4 rings (SSSR count). The minimum Gasteiger partial charge on any atom is -0.489 e. The first-order valence-corrected chi connectivity index (χ1v) is 12.7. The normalized spacial score (nSPS) is 11.0. The van der Waals surface area contributed by atoms with Gasteiger partial charge in [0.15, 0.2) is 4.34 Å². The Labute approximate surface area is 211 Å². The number of hydrazone groups is 1. The van der Waals surface area contributed by atoms with Crippen LogP contribution in [0.3, 0.4) is 0 Å². The zero-order chi connectivity index (χ0) is 23.8. The van der Waals surface area contributed by atoms with Crippen molar-refractivity contribution in [3.05, 3.63) is 99.9 Å². The zero-order valence-electron chi connectivity index (χ0n) is 18.4. The summed E-state index contributed by atoms with van der Waals surface area (Å²) in [4.78, 5) is 16.7. The number of aromatic nitrogens is 1. The van der Waals surface area contributed by atoms with Crippen molar-refractivity contribution in [2.45, 2.75) is 17.9 Å². The van der Waals surface area contributed by atoms with Gasteiger partial charge < -0.3 is 4.74 Å². The molecule has 0 fully saturated rings. The number of benzene rings is 3. The molecule has 0 aliphatic heterocycles. The fraction of sp³-hybridized carbons (Fsp3) is 0.115. The van der Waals surface area contributed by atoms with Crippen LogP contribution in [0.1, 0.15) is 16.7 Å². The third-order valence-electron chi connectivity index (χ3n) is 4.74. The minimum absolute atomic E-state index is 0.198. The van der Waals surface area contributed by atoms with Crippen LogP contribution in [0.4, 0.5) is 0 Å². The van der Waals surface area contributed by atoms with E-state index >= 15 is 0 Å². The maximum atomic E-state index is 12.2. The van der Waals surface area contributed by atoms with Crippen molar-refractivity contribution < 1.29 is 9.53 Å². The third kappa shape index (κ3) is 7.18. The number of ether oxygens (including phenoxy) is 1. The van der Waals surface area contributed by atoms with E-state index in [0.29, 0.717) is 11.6 Å². The van der Waals surface area contributed by atoms with Crippen molar-refractivity contribution in [2.75, 3.05) is 5.75 Å². The molecule has 1 heterocycles. The van der Waals surface area contributed by atoms with E-state index in [2.05, 4.69) is 46.7 Å². The lowest BCUT2D eigenvalue weighted by Crippen LogP contribution is -2.19. The maximum Gasteiger partial charge on any atom is 0.250 e. The third-order valence-corrected chi connectivity index (χ3v) is 7.01. The van der Waals surface area contributed by atoms with E-state index in [1.54, 1.807) is 6.21 Å². The Morgan fingerprint density at radius 3 is 2.74 bits per heavy atom. The summed E-state index contributed by atoms with van der Waals surface area (Å²) < 4.78 is 6.68. The average Bonchev–Trinajstić information content (AvgIpc) is 3.32. The van der Waals surface area contributed by atoms with Crippen LogP contribution in [0.2, 0.25) is 5.02 Å². The van der Waals surface area contributed by atoms with Gasteiger partial charge >= 0.3 is 0 Å². The molecule has 3 aromatic carbocycles. The van der Waals surface area contributed by atoms with E-state index in [4.69, 9.17) is 16.3 Å². The van der Waals surface area contributed by atoms with E-state index in [0.717, 1.165) is 32.5 Å². The van der Waals surface area contributed by atoms with Crippen molar-refractivity contribution in [1.82, 2.24) is 10.4 Å². The summed E-state index contributed by atoms with van der Waals surface area (Å²) in [5.74, 6) is 0.771. The number of halogens is 1. The van der Waals surface area contributed by atoms with Gasteiger partial charge in [0.05, 0.1) is 17.7 Å². The molecule has 1 N–H and O–H groups in total. The molecule has 0 aliphatic rings. The van der Waals surface area contributed by atoms with Crippen molar-refractivity contribution >= 4 is 46.8 Å². The second-order valence-corrected chi connectivity index (χ2v) is 9.95. The van der Waals surface area contributed by atoms with E-state index in [1.165, 1.54) is 28.7 Å². The van der Waals surface area contributed by atoms with Crippen LogP contribution < -0.4 is 10.2 Å². The number of hydrogen-bond acceptors (Lipinski definition) is 6. The van der Waals surface area contributed by atoms with Crippen LogP contribution in [0.15, 0.2) is 87.6 Å². The molecule has 4 aromatic rings. The number of nitrogens with zero attached hydrogens (tertiary/aromatic N) is 2. The predicted octanol–water partition coefficient (Wildman–Crippen LogP) is 6.59. The number of rotatable bonds is 9. The quantitative estimate of drug-likeness (QED) is 0.157. The fourth-order valence-corrected chi connectivity index (χ4v) is 4.70. The Bertz CT molecular complexity index is 1270. The van der Waals surface area contributed by atoms with Gasteiger partial charge in [-0.3, -0.25) is 4.79 Å². The summed E-state index contributed by atoms with van der Waals surface area (Å²) in [6, 6.07) is 23.3. The Morgan fingerprint density at radius 1 is 1.15 bits per heavy atom. The fourth-order valence-electron chi connectivity index (χ4n) is 2.95. The molecule has 0 spiro atoms. The summed E-state index contributed by atoms with van der Waals surface area (Å²) in [5.41, 5.74) is 7.58. The number of nitrogens with one attached hydrogen (secondary N) is 1. The van der Waals surface area contributed by atoms with Gasteiger partial charge in [-0.15, -0.1) is 11.3 Å². The summed E-state index contributed by atoms with van der Waals surface area (Å²) in [7, 11) is 0. The Hall–Kier alpha value is -3.13. The van der Waals surface area contributed by atoms with Crippen molar-refractivity contribution in [2.24, 2.45) is 5.10 Å². The number of carbonyl (C=O) groups is 1. The van der Waals surface area contributed by atoms with E-state index in [1.807, 2.05) is 53.9 Å². The topological polar surface area (TPSA) is 63.6 Å². The lowest BCUT2D eigenvalue weighted by molar-refractivity contribution is -0.118. The van der Waals surface area contributed by atoms with Crippen molar-refractivity contribution in [1.29, 1.82) is 0 Å². The molecule has 8 heteroatoms. The number of amides is 1. The van der Waals surface area contributed by atoms with E-state index in [9.17, 15) is 4.79 Å². The molecule has 5 nitrogen and oxygen atoms in total. The zero-order valence-corrected chi connectivity index (χ0v) is 20.8. The highest BCUT2D eigenvalue weighted by atomic mass is 35.5. The second-order valence-electron chi connectivity index (χ2n) is 7.43. The Kier molecular flexibility index (Phi) is 8.36. The molecule has 0 saturated carbocycles. The van der Waals surface area contributed by atoms with Gasteiger partial charge in [0, 0.05) is 16.0 Å². The first-order chi connectivity index (χ1) is 16.5. The molecule has 0 bridgehead atoms. The lowest BCUT2D eigenvalue weighted by atomic mass is 10.2. The molecule has 0 unspecified atom stereocenters. The van der Waals surface area contributed by atoms with Crippen molar-refractivity contribution in [3.8, 4) is 17.0 Å². The molecule has 1 amide bonds. The molecule has 34 heavy (non-hydrogen) atoms. The van der Waals surface area contributed by atoms with Crippen LogP contribution in [0, 0.1) is 6.92 Å². The summed E-state index contributed by atoms with van der Waals surface area (Å²) in [6.45, 7) is 2.55. The first-order valence-electron chi connectivity index (χ1n) is 10.5. The lowest BCUT2D eigenvalue weighted by Gasteiger charge is -2.07. The predicted molar refractivity (Wildman–Crippen MR) is 141 cm³/mol. The molecular weight excluding hydrogens is 486 g/mol. The number of thioether (sulfide) groups is 1. The highest BCUT2D eigenvalue weighted by molar-refractivity contribution is 8.01. The van der Waals surface area contributed by atoms with Crippen LogP contribution in [-0.4, -0.2) is 22.9 Å². The van der Waals surface area contributed by atoms with Gasteiger partial charge in [0.25, 0.3) is 5.91 Å². The number of thiazole rings is 1. The summed E-state index contributed by atoms with van der Waals surface area (Å²) >= 11 is 8.81. The minimum atomic E-state index is -0.198. The SMILES string of the molecule is Cc1ccc(COc2cccc(/C=N/NC(=O)CSc3nc(-c4ccc(Cl)cc4)cs3)c2)cc1. The molecule has 0 radical (unpaired) electrons. The summed E-state index contributed by atoms with van der Waals surface area (Å²) in [5, 5.41) is 6.72. The highest BCUT2D eigenvalue weighted by Gasteiger charge is 2.08. The Morgan fingerprint density at radius 2 is 1.94 bits per heavy atom. The van der Waals surface area contributed by atoms with Gasteiger partial charge in [-0.25, -0.2) is 10.4 Å². The average molecular weight is 508 g/mol. The molecular formula is C26H22ClN3O2S2. The smallest absolute Gasteiger partial charge is 0.250 e. The van der Waals surface area contributed by atoms with Gasteiger partial charge in [-0.05, 0) is 42.3 Å². The number of aryl methyl sites for hydroxylation is 1. The molecule has 0 atom stereocenters. The molecule has 1 aromatic heterocycles. The largest absolute Gasteiger partial charge is 0.489 e. The number of hydrogen-bond donors (Lipinski definition) is 1. The van der Waals surface area contributed by atoms with E-state index in [-0.39, 0.29) is 11.7 Å². The van der Waals surface area contributed by atoms with Crippen LogP contribution in [0.25, 0.3) is 11.3 Å². The molecule has 172 valence electrons. The first kappa shape index (κ1) is 24.0. The Balaban J connectivity index is 1.23. The van der Waals surface area contributed by atoms with E-state index < -0.39 is 0 Å². The maximum absolute atomic E-state index is 12.2. The highest BCUT2D eigenvalue weighted by Crippen LogP contribution is 2.28. The molecule has 0 aliphatic carbocycles. The second kappa shape index (κ2) is 11.8. The van der Waals surface area contributed by atoms with Crippen LogP contribution >= 0.6 is 34.7 Å². The van der Waals surface area contributed by atoms with Gasteiger partial charge in [-0.2, -0.15) is 5.10 Å². The van der Waals surface area contributed by atoms with Gasteiger partial charge in [-0.1, -0.05) is 77.5 Å². The standard InChI is InChI=1S/C26H22ClN3O2S2/c1-18-5-7-19(8-6-18)15-32-23-4-2-3-20(13-23)14-28-30-25(31)17-34-26-29-24(16-33-26)21-9-11-22(27)12-10-21/h2-14,16H,15,17H2,1H3,(H,30,31)/b28-14+. The summed E-state index contributed by atoms with van der Waals surface area (Å²) in [6.07, 6.45) is 1.60. The van der Waals surface area contributed by atoms with Crippen molar-refractivity contribution in [3.63, 3.8) is 0 Å². The molecule has 0 saturated heterocycles. The monoisotopic (exact) mass is 507 g/mol. The van der Waals surface area contributed by atoms with Crippen LogP contribution in [0.5, 0.6) is 5.75 Å².